The standard InChI is InChI=1S/C18H25F5N4O/c1-2-24-17(25-9-13-7-8-27(11-13)12-18(21,22)23)26-10-14-5-3-4-6-15(14)28-16(19)20/h3-6,13,16H,2,7-12H2,1H3,(H2,24,25,26). The SMILES string of the molecule is CCNC(=NCc1ccccc1OC(F)F)NCC1CCN(CC(F)(F)F)C1. The number of ether oxygens (including phenoxy) is 1. The van der Waals surface area contributed by atoms with Crippen LogP contribution in [0.2, 0.25) is 0 Å². The van der Waals surface area contributed by atoms with E-state index in [4.69, 9.17) is 0 Å². The molecule has 1 aliphatic rings. The molecule has 2 rings (SSSR count). The van der Waals surface area contributed by atoms with Gasteiger partial charge in [-0.3, -0.25) is 4.90 Å². The minimum Gasteiger partial charge on any atom is -0.434 e. The summed E-state index contributed by atoms with van der Waals surface area (Å²) in [7, 11) is 0. The lowest BCUT2D eigenvalue weighted by Gasteiger charge is -2.18. The average molecular weight is 408 g/mol. The number of nitrogens with zero attached hydrogens (tertiary/aromatic N) is 2. The first-order chi connectivity index (χ1) is 13.3. The maximum Gasteiger partial charge on any atom is 0.401 e. The summed E-state index contributed by atoms with van der Waals surface area (Å²) in [6.45, 7) is 0.0576. The van der Waals surface area contributed by atoms with Gasteiger partial charge in [-0.15, -0.1) is 0 Å². The molecule has 1 atom stereocenters. The fourth-order valence-electron chi connectivity index (χ4n) is 3.07. The number of para-hydroxylation sites is 1. The summed E-state index contributed by atoms with van der Waals surface area (Å²) in [6, 6.07) is 6.40. The molecule has 1 fully saturated rings. The van der Waals surface area contributed by atoms with Gasteiger partial charge in [0.1, 0.15) is 5.75 Å². The first-order valence-corrected chi connectivity index (χ1v) is 9.11. The van der Waals surface area contributed by atoms with Crippen LogP contribution in [0.1, 0.15) is 18.9 Å². The van der Waals surface area contributed by atoms with E-state index in [0.717, 1.165) is 0 Å². The Labute approximate surface area is 161 Å². The Bertz CT molecular complexity index is 639. The molecule has 1 aromatic rings. The molecule has 0 spiro atoms. The Kier molecular flexibility index (Phi) is 8.28. The van der Waals surface area contributed by atoms with Gasteiger partial charge < -0.3 is 15.4 Å². The molecule has 0 bridgehead atoms. The maximum absolute atomic E-state index is 12.5. The monoisotopic (exact) mass is 408 g/mol. The van der Waals surface area contributed by atoms with E-state index in [1.165, 1.54) is 11.0 Å². The van der Waals surface area contributed by atoms with Crippen LogP contribution in [0.5, 0.6) is 5.75 Å². The second kappa shape index (κ2) is 10.4. The lowest BCUT2D eigenvalue weighted by molar-refractivity contribution is -0.143. The van der Waals surface area contributed by atoms with Gasteiger partial charge in [-0.05, 0) is 31.9 Å². The Morgan fingerprint density at radius 2 is 2.04 bits per heavy atom. The highest BCUT2D eigenvalue weighted by Crippen LogP contribution is 2.23. The van der Waals surface area contributed by atoms with Gasteiger partial charge in [0.25, 0.3) is 0 Å². The summed E-state index contributed by atoms with van der Waals surface area (Å²) >= 11 is 0. The fraction of sp³-hybridized carbons (Fsp3) is 0.611. The van der Waals surface area contributed by atoms with Crippen molar-refractivity contribution in [3.05, 3.63) is 29.8 Å². The quantitative estimate of drug-likeness (QED) is 0.394. The summed E-state index contributed by atoms with van der Waals surface area (Å²) in [4.78, 5) is 5.76. The van der Waals surface area contributed by atoms with Gasteiger partial charge in [-0.25, -0.2) is 4.99 Å². The first-order valence-electron chi connectivity index (χ1n) is 9.11. The van der Waals surface area contributed by atoms with Crippen LogP contribution in [0.15, 0.2) is 29.3 Å². The molecular formula is C18H25F5N4O. The fourth-order valence-corrected chi connectivity index (χ4v) is 3.07. The summed E-state index contributed by atoms with van der Waals surface area (Å²) in [6.07, 6.45) is -3.51. The largest absolute Gasteiger partial charge is 0.434 e. The van der Waals surface area contributed by atoms with Gasteiger partial charge in [-0.2, -0.15) is 22.0 Å². The molecule has 0 saturated carbocycles. The van der Waals surface area contributed by atoms with E-state index in [1.807, 2.05) is 6.92 Å². The van der Waals surface area contributed by atoms with E-state index in [1.54, 1.807) is 18.2 Å². The van der Waals surface area contributed by atoms with Gasteiger partial charge in [0.05, 0.1) is 13.1 Å². The second-order valence-corrected chi connectivity index (χ2v) is 6.57. The number of guanidine groups is 1. The molecule has 1 heterocycles. The third kappa shape index (κ3) is 7.87. The third-order valence-electron chi connectivity index (χ3n) is 4.27. The van der Waals surface area contributed by atoms with Crippen molar-refractivity contribution in [1.29, 1.82) is 0 Å². The average Bonchev–Trinajstić information content (AvgIpc) is 3.03. The van der Waals surface area contributed by atoms with Crippen LogP contribution >= 0.6 is 0 Å². The highest BCUT2D eigenvalue weighted by Gasteiger charge is 2.34. The van der Waals surface area contributed by atoms with Crippen molar-refractivity contribution in [1.82, 2.24) is 15.5 Å². The topological polar surface area (TPSA) is 48.9 Å². The lowest BCUT2D eigenvalue weighted by Crippen LogP contribution is -2.40. The van der Waals surface area contributed by atoms with Gasteiger partial charge in [0.15, 0.2) is 5.96 Å². The number of benzene rings is 1. The predicted octanol–water partition coefficient (Wildman–Crippen LogP) is 3.23. The van der Waals surface area contributed by atoms with Crippen LogP contribution in [0.25, 0.3) is 0 Å². The number of aliphatic imine (C=N–C) groups is 1. The van der Waals surface area contributed by atoms with Crippen molar-refractivity contribution in [3.63, 3.8) is 0 Å². The minimum atomic E-state index is -4.19. The highest BCUT2D eigenvalue weighted by molar-refractivity contribution is 5.79. The molecule has 1 saturated heterocycles. The van der Waals surface area contributed by atoms with Gasteiger partial charge in [0.2, 0.25) is 0 Å². The number of alkyl halides is 5. The minimum absolute atomic E-state index is 0.0654. The summed E-state index contributed by atoms with van der Waals surface area (Å²) in [5.74, 6) is 0.625. The number of likely N-dealkylation sites (tertiary alicyclic amines) is 1. The summed E-state index contributed by atoms with van der Waals surface area (Å²) in [5, 5.41) is 6.16. The van der Waals surface area contributed by atoms with Crippen molar-refractivity contribution in [2.45, 2.75) is 32.7 Å². The summed E-state index contributed by atoms with van der Waals surface area (Å²) < 4.78 is 66.9. The highest BCUT2D eigenvalue weighted by atomic mass is 19.4. The first kappa shape index (κ1) is 22.2. The Morgan fingerprint density at radius 1 is 1.29 bits per heavy atom. The molecular weight excluding hydrogens is 383 g/mol. The molecule has 5 nitrogen and oxygen atoms in total. The van der Waals surface area contributed by atoms with Crippen LogP contribution in [0.4, 0.5) is 22.0 Å². The van der Waals surface area contributed by atoms with Crippen LogP contribution in [0, 0.1) is 5.92 Å². The van der Waals surface area contributed by atoms with Crippen molar-refractivity contribution < 1.29 is 26.7 Å². The van der Waals surface area contributed by atoms with Crippen molar-refractivity contribution in [2.75, 3.05) is 32.7 Å². The smallest absolute Gasteiger partial charge is 0.401 e. The Balaban J connectivity index is 1.90. The molecule has 1 aromatic carbocycles. The zero-order valence-corrected chi connectivity index (χ0v) is 15.6. The molecule has 1 aliphatic heterocycles. The molecule has 0 aliphatic carbocycles. The van der Waals surface area contributed by atoms with Gasteiger partial charge in [0, 0.05) is 25.2 Å². The molecule has 10 heteroatoms. The number of nitrogens with one attached hydrogen (secondary N) is 2. The molecule has 0 aromatic heterocycles. The van der Waals surface area contributed by atoms with E-state index in [9.17, 15) is 22.0 Å². The normalized spacial score (nSPS) is 18.5. The van der Waals surface area contributed by atoms with Crippen LogP contribution in [-0.2, 0) is 6.54 Å². The van der Waals surface area contributed by atoms with E-state index in [0.29, 0.717) is 44.1 Å². The number of hydrogen-bond donors (Lipinski definition) is 2. The lowest BCUT2D eigenvalue weighted by atomic mass is 10.1. The maximum atomic E-state index is 12.5. The van der Waals surface area contributed by atoms with E-state index in [-0.39, 0.29) is 18.2 Å². The Hall–Kier alpha value is -2.10. The zero-order chi connectivity index (χ0) is 20.6. The number of hydrogen-bond acceptors (Lipinski definition) is 3. The van der Waals surface area contributed by atoms with Crippen LogP contribution < -0.4 is 15.4 Å². The van der Waals surface area contributed by atoms with Gasteiger partial charge >= 0.3 is 12.8 Å². The van der Waals surface area contributed by atoms with E-state index in [2.05, 4.69) is 20.4 Å². The van der Waals surface area contributed by atoms with E-state index >= 15 is 0 Å². The number of rotatable bonds is 8. The van der Waals surface area contributed by atoms with Crippen LogP contribution in [0.3, 0.4) is 0 Å². The zero-order valence-electron chi connectivity index (χ0n) is 15.6. The molecule has 2 N–H and O–H groups in total. The molecule has 1 unspecified atom stereocenters. The van der Waals surface area contributed by atoms with Gasteiger partial charge in [-0.1, -0.05) is 18.2 Å². The van der Waals surface area contributed by atoms with Crippen molar-refractivity contribution in [2.24, 2.45) is 10.9 Å². The predicted molar refractivity (Wildman–Crippen MR) is 96.5 cm³/mol. The second-order valence-electron chi connectivity index (χ2n) is 6.57. The van der Waals surface area contributed by atoms with E-state index < -0.39 is 19.3 Å². The third-order valence-corrected chi connectivity index (χ3v) is 4.27. The van der Waals surface area contributed by atoms with Crippen LogP contribution in [-0.4, -0.2) is 56.4 Å². The molecule has 0 amide bonds. The summed E-state index contributed by atoms with van der Waals surface area (Å²) in [5.41, 5.74) is 0.511. The van der Waals surface area contributed by atoms with Crippen molar-refractivity contribution >= 4 is 5.96 Å². The Morgan fingerprint density at radius 3 is 2.71 bits per heavy atom. The number of halogens is 5. The molecule has 0 radical (unpaired) electrons. The van der Waals surface area contributed by atoms with Crippen molar-refractivity contribution in [3.8, 4) is 5.75 Å². The molecule has 28 heavy (non-hydrogen) atoms. The molecule has 158 valence electrons.